The Labute approximate surface area is 144 Å². The van der Waals surface area contributed by atoms with Crippen LogP contribution in [0.2, 0.25) is 0 Å². The number of nitrogens with zero attached hydrogens (tertiary/aromatic N) is 2. The van der Waals surface area contributed by atoms with Crippen LogP contribution in [0.1, 0.15) is 45.4 Å². The van der Waals surface area contributed by atoms with Crippen molar-refractivity contribution < 1.29 is 14.4 Å². The molecular formula is C17H30N4O3. The van der Waals surface area contributed by atoms with E-state index in [0.717, 1.165) is 38.8 Å². The summed E-state index contributed by atoms with van der Waals surface area (Å²) < 4.78 is 0. The summed E-state index contributed by atoms with van der Waals surface area (Å²) in [7, 11) is 0. The van der Waals surface area contributed by atoms with Crippen LogP contribution >= 0.6 is 0 Å². The zero-order valence-electron chi connectivity index (χ0n) is 14.7. The van der Waals surface area contributed by atoms with Gasteiger partial charge in [-0.15, -0.1) is 0 Å². The van der Waals surface area contributed by atoms with Crippen LogP contribution in [0.5, 0.6) is 0 Å². The number of nitrogens with one attached hydrogen (secondary N) is 2. The maximum atomic E-state index is 12.4. The minimum absolute atomic E-state index is 0.0705. The average molecular weight is 338 g/mol. The summed E-state index contributed by atoms with van der Waals surface area (Å²) in [4.78, 5) is 39.8. The van der Waals surface area contributed by atoms with Gasteiger partial charge in [-0.2, -0.15) is 0 Å². The van der Waals surface area contributed by atoms with Gasteiger partial charge in [0.2, 0.25) is 17.7 Å². The zero-order chi connectivity index (χ0) is 17.4. The fraction of sp³-hybridized carbons (Fsp3) is 0.824. The average Bonchev–Trinajstić information content (AvgIpc) is 3.01. The predicted octanol–water partition coefficient (Wildman–Crippen LogP) is 0.106. The molecule has 0 bridgehead atoms. The second-order valence-corrected chi connectivity index (χ2v) is 6.54. The van der Waals surface area contributed by atoms with E-state index in [4.69, 9.17) is 0 Å². The van der Waals surface area contributed by atoms with Crippen LogP contribution in [-0.2, 0) is 14.4 Å². The lowest BCUT2D eigenvalue weighted by molar-refractivity contribution is -0.141. The van der Waals surface area contributed by atoms with Crippen LogP contribution in [0.4, 0.5) is 0 Å². The van der Waals surface area contributed by atoms with Crippen molar-refractivity contribution in [1.29, 1.82) is 0 Å². The molecule has 0 saturated carbocycles. The maximum Gasteiger partial charge on any atom is 0.244 e. The third-order valence-corrected chi connectivity index (χ3v) is 4.69. The fourth-order valence-corrected chi connectivity index (χ4v) is 3.25. The molecule has 24 heavy (non-hydrogen) atoms. The van der Waals surface area contributed by atoms with Crippen molar-refractivity contribution in [3.8, 4) is 0 Å². The van der Waals surface area contributed by atoms with Gasteiger partial charge in [-0.25, -0.2) is 0 Å². The Bertz CT molecular complexity index is 455. The highest BCUT2D eigenvalue weighted by molar-refractivity contribution is 5.88. The molecule has 1 unspecified atom stereocenters. The third-order valence-electron chi connectivity index (χ3n) is 4.69. The Morgan fingerprint density at radius 3 is 2.83 bits per heavy atom. The zero-order valence-corrected chi connectivity index (χ0v) is 14.7. The predicted molar refractivity (Wildman–Crippen MR) is 91.3 cm³/mol. The lowest BCUT2D eigenvalue weighted by Crippen LogP contribution is -2.59. The highest BCUT2D eigenvalue weighted by Crippen LogP contribution is 2.10. The first-order chi connectivity index (χ1) is 11.6. The van der Waals surface area contributed by atoms with Crippen LogP contribution in [0, 0.1) is 0 Å². The molecule has 136 valence electrons. The quantitative estimate of drug-likeness (QED) is 0.615. The molecule has 3 amide bonds. The van der Waals surface area contributed by atoms with Gasteiger partial charge >= 0.3 is 0 Å². The Balaban J connectivity index is 1.74. The number of carbonyl (C=O) groups excluding carboxylic acids is 3. The van der Waals surface area contributed by atoms with Gasteiger partial charge in [-0.3, -0.25) is 14.4 Å². The maximum absolute atomic E-state index is 12.4. The molecule has 2 aliphatic heterocycles. The minimum atomic E-state index is -0.420. The normalized spacial score (nSPS) is 21.2. The van der Waals surface area contributed by atoms with E-state index in [2.05, 4.69) is 17.6 Å². The Morgan fingerprint density at radius 1 is 1.29 bits per heavy atom. The first-order valence-corrected chi connectivity index (χ1v) is 9.19. The second-order valence-electron chi connectivity index (χ2n) is 6.54. The van der Waals surface area contributed by atoms with Gasteiger partial charge in [0, 0.05) is 52.1 Å². The van der Waals surface area contributed by atoms with Crippen LogP contribution in [-0.4, -0.2) is 72.8 Å². The monoisotopic (exact) mass is 338 g/mol. The van der Waals surface area contributed by atoms with Crippen molar-refractivity contribution in [1.82, 2.24) is 20.4 Å². The number of hydrogen-bond donors (Lipinski definition) is 2. The van der Waals surface area contributed by atoms with E-state index < -0.39 is 6.04 Å². The van der Waals surface area contributed by atoms with Gasteiger partial charge in [0.1, 0.15) is 6.04 Å². The van der Waals surface area contributed by atoms with Gasteiger partial charge in [-0.05, 0) is 19.3 Å². The molecule has 2 N–H and O–H groups in total. The minimum Gasteiger partial charge on any atom is -0.354 e. The number of carbonyl (C=O) groups is 3. The SMILES string of the molecule is CCCCC(=O)N1CCNCC1C(=O)NCCCN1CCCC1=O. The molecule has 0 aromatic heterocycles. The standard InChI is InChI=1S/C17H30N4O3/c1-2-3-6-16(23)21-12-9-18-13-14(21)17(24)19-8-5-11-20-10-4-7-15(20)22/h14,18H,2-13H2,1H3,(H,19,24). The second kappa shape index (κ2) is 9.61. The number of hydrogen-bond acceptors (Lipinski definition) is 4. The molecule has 7 heteroatoms. The van der Waals surface area contributed by atoms with E-state index in [-0.39, 0.29) is 17.7 Å². The molecule has 2 fully saturated rings. The smallest absolute Gasteiger partial charge is 0.244 e. The molecule has 2 aliphatic rings. The van der Waals surface area contributed by atoms with E-state index in [0.29, 0.717) is 39.0 Å². The van der Waals surface area contributed by atoms with Crippen molar-refractivity contribution in [2.75, 3.05) is 39.3 Å². The van der Waals surface area contributed by atoms with Crippen LogP contribution in [0.15, 0.2) is 0 Å². The summed E-state index contributed by atoms with van der Waals surface area (Å²) in [6.07, 6.45) is 4.69. The number of amides is 3. The van der Waals surface area contributed by atoms with Crippen LogP contribution < -0.4 is 10.6 Å². The first kappa shape index (κ1) is 18.7. The van der Waals surface area contributed by atoms with Gasteiger partial charge in [-0.1, -0.05) is 13.3 Å². The Hall–Kier alpha value is -1.63. The lowest BCUT2D eigenvalue weighted by atomic mass is 10.1. The summed E-state index contributed by atoms with van der Waals surface area (Å²) in [5.74, 6) is 0.187. The Kier molecular flexibility index (Phi) is 7.49. The van der Waals surface area contributed by atoms with Crippen molar-refractivity contribution in [3.63, 3.8) is 0 Å². The largest absolute Gasteiger partial charge is 0.354 e. The van der Waals surface area contributed by atoms with E-state index in [1.807, 2.05) is 4.90 Å². The van der Waals surface area contributed by atoms with Crippen LogP contribution in [0.3, 0.4) is 0 Å². The molecule has 7 nitrogen and oxygen atoms in total. The summed E-state index contributed by atoms with van der Waals surface area (Å²) in [5.41, 5.74) is 0. The van der Waals surface area contributed by atoms with Crippen molar-refractivity contribution in [2.45, 2.75) is 51.5 Å². The van der Waals surface area contributed by atoms with E-state index in [9.17, 15) is 14.4 Å². The van der Waals surface area contributed by atoms with E-state index in [1.54, 1.807) is 4.90 Å². The molecule has 0 radical (unpaired) electrons. The van der Waals surface area contributed by atoms with Gasteiger partial charge in [0.05, 0.1) is 0 Å². The van der Waals surface area contributed by atoms with E-state index in [1.165, 1.54) is 0 Å². The first-order valence-electron chi connectivity index (χ1n) is 9.19. The topological polar surface area (TPSA) is 81.8 Å². The number of piperazine rings is 1. The van der Waals surface area contributed by atoms with Gasteiger partial charge in [0.15, 0.2) is 0 Å². The molecule has 0 aliphatic carbocycles. The summed E-state index contributed by atoms with van der Waals surface area (Å²) >= 11 is 0. The van der Waals surface area contributed by atoms with Crippen LogP contribution in [0.25, 0.3) is 0 Å². The number of rotatable bonds is 8. The van der Waals surface area contributed by atoms with Gasteiger partial charge < -0.3 is 20.4 Å². The molecule has 2 rings (SSSR count). The molecule has 0 aromatic carbocycles. The highest BCUT2D eigenvalue weighted by atomic mass is 16.2. The van der Waals surface area contributed by atoms with Gasteiger partial charge in [0.25, 0.3) is 0 Å². The summed E-state index contributed by atoms with van der Waals surface area (Å²) in [6, 6.07) is -0.420. The Morgan fingerprint density at radius 2 is 2.12 bits per heavy atom. The van der Waals surface area contributed by atoms with E-state index >= 15 is 0 Å². The number of likely N-dealkylation sites (tertiary alicyclic amines) is 1. The molecule has 0 spiro atoms. The highest BCUT2D eigenvalue weighted by Gasteiger charge is 2.31. The molecule has 2 heterocycles. The summed E-state index contributed by atoms with van der Waals surface area (Å²) in [6.45, 7) is 5.95. The molecule has 2 saturated heterocycles. The van der Waals surface area contributed by atoms with Crippen molar-refractivity contribution in [3.05, 3.63) is 0 Å². The van der Waals surface area contributed by atoms with Crippen molar-refractivity contribution in [2.24, 2.45) is 0 Å². The molecule has 1 atom stereocenters. The molecule has 0 aromatic rings. The fourth-order valence-electron chi connectivity index (χ4n) is 3.25. The van der Waals surface area contributed by atoms with Crippen molar-refractivity contribution >= 4 is 17.7 Å². The lowest BCUT2D eigenvalue weighted by Gasteiger charge is -2.35. The molecular weight excluding hydrogens is 308 g/mol. The number of unbranched alkanes of at least 4 members (excludes halogenated alkanes) is 1. The summed E-state index contributed by atoms with van der Waals surface area (Å²) in [5, 5.41) is 6.11. The third kappa shape index (κ3) is 5.19.